The summed E-state index contributed by atoms with van der Waals surface area (Å²) in [6.07, 6.45) is 0.773. The molecule has 0 aliphatic carbocycles. The van der Waals surface area contributed by atoms with E-state index in [-0.39, 0.29) is 17.8 Å². The Hall–Kier alpha value is -3.75. The van der Waals surface area contributed by atoms with Gasteiger partial charge in [-0.05, 0) is 54.3 Å². The van der Waals surface area contributed by atoms with Gasteiger partial charge in [0.25, 0.3) is 5.91 Å². The van der Waals surface area contributed by atoms with E-state index in [9.17, 15) is 9.18 Å². The Balaban J connectivity index is 1.44. The van der Waals surface area contributed by atoms with Crippen molar-refractivity contribution in [3.8, 4) is 11.5 Å². The molecule has 8 heteroatoms. The molecule has 0 aliphatic heterocycles. The van der Waals surface area contributed by atoms with Crippen LogP contribution < -0.4 is 14.8 Å². The van der Waals surface area contributed by atoms with Crippen LogP contribution in [0.1, 0.15) is 45.2 Å². The second kappa shape index (κ2) is 13.2. The normalized spacial score (nSPS) is 11.8. The highest BCUT2D eigenvalue weighted by Gasteiger charge is 2.17. The second-order valence-electron chi connectivity index (χ2n) is 9.01. The van der Waals surface area contributed by atoms with Gasteiger partial charge in [-0.15, -0.1) is 11.3 Å². The number of halogens is 1. The number of ether oxygens (including phenoxy) is 2. The monoisotopic (exact) mass is 533 g/mol. The first-order valence-electron chi connectivity index (χ1n) is 12.4. The summed E-state index contributed by atoms with van der Waals surface area (Å²) in [7, 11) is 3.24. The number of amides is 1. The third-order valence-electron chi connectivity index (χ3n) is 6.27. The lowest BCUT2D eigenvalue weighted by molar-refractivity contribution is 0.0935. The van der Waals surface area contributed by atoms with Crippen LogP contribution >= 0.6 is 11.3 Å². The number of nitrogens with zero attached hydrogens (tertiary/aromatic N) is 2. The molecule has 1 aromatic heterocycles. The first-order chi connectivity index (χ1) is 18.4. The van der Waals surface area contributed by atoms with Crippen molar-refractivity contribution in [1.82, 2.24) is 15.2 Å². The summed E-state index contributed by atoms with van der Waals surface area (Å²) in [6.45, 7) is 3.88. The first kappa shape index (κ1) is 27.3. The molecule has 0 saturated heterocycles. The summed E-state index contributed by atoms with van der Waals surface area (Å²) >= 11 is 1.46. The van der Waals surface area contributed by atoms with Crippen molar-refractivity contribution in [3.05, 3.63) is 111 Å². The molecule has 38 heavy (non-hydrogen) atoms. The highest BCUT2D eigenvalue weighted by molar-refractivity contribution is 7.09. The average Bonchev–Trinajstić information content (AvgIpc) is 3.42. The number of hydrogen-bond acceptors (Lipinski definition) is 6. The van der Waals surface area contributed by atoms with Gasteiger partial charge >= 0.3 is 0 Å². The fourth-order valence-electron chi connectivity index (χ4n) is 4.16. The van der Waals surface area contributed by atoms with Crippen molar-refractivity contribution < 1.29 is 18.7 Å². The number of rotatable bonds is 12. The van der Waals surface area contributed by atoms with Crippen LogP contribution in [-0.4, -0.2) is 36.6 Å². The van der Waals surface area contributed by atoms with Crippen LogP contribution in [0.25, 0.3) is 0 Å². The molecule has 1 atom stereocenters. The Morgan fingerprint density at radius 3 is 2.39 bits per heavy atom. The zero-order chi connectivity index (χ0) is 26.9. The molecule has 3 aromatic carbocycles. The average molecular weight is 534 g/mol. The quantitative estimate of drug-likeness (QED) is 0.241. The minimum Gasteiger partial charge on any atom is -0.493 e. The van der Waals surface area contributed by atoms with Crippen LogP contribution in [0.15, 0.2) is 78.2 Å². The van der Waals surface area contributed by atoms with Crippen molar-refractivity contribution in [3.63, 3.8) is 0 Å². The topological polar surface area (TPSA) is 63.7 Å². The highest BCUT2D eigenvalue weighted by atomic mass is 32.1. The number of carbonyl (C=O) groups is 1. The third kappa shape index (κ3) is 7.40. The number of carbonyl (C=O) groups excluding carboxylic acids is 1. The third-order valence-corrected chi connectivity index (χ3v) is 7.11. The van der Waals surface area contributed by atoms with E-state index in [1.165, 1.54) is 23.5 Å². The zero-order valence-electron chi connectivity index (χ0n) is 21.8. The molecule has 0 bridgehead atoms. The predicted molar refractivity (Wildman–Crippen MR) is 148 cm³/mol. The first-order valence-corrected chi connectivity index (χ1v) is 13.3. The fourth-order valence-corrected chi connectivity index (χ4v) is 4.98. The summed E-state index contributed by atoms with van der Waals surface area (Å²) in [5.74, 6) is 0.926. The molecule has 0 fully saturated rings. The maximum atomic E-state index is 13.5. The van der Waals surface area contributed by atoms with Crippen molar-refractivity contribution in [1.29, 1.82) is 0 Å². The Morgan fingerprint density at radius 1 is 0.974 bits per heavy atom. The summed E-state index contributed by atoms with van der Waals surface area (Å²) < 4.78 is 24.3. The molecule has 6 nitrogen and oxygen atoms in total. The van der Waals surface area contributed by atoms with E-state index >= 15 is 0 Å². The Kier molecular flexibility index (Phi) is 9.46. The Bertz CT molecular complexity index is 1330. The van der Waals surface area contributed by atoms with Crippen LogP contribution in [0.5, 0.6) is 11.5 Å². The molecular weight excluding hydrogens is 501 g/mol. The van der Waals surface area contributed by atoms with Gasteiger partial charge in [-0.3, -0.25) is 9.69 Å². The molecule has 1 heterocycles. The molecule has 1 N–H and O–H groups in total. The number of hydrogen-bond donors (Lipinski definition) is 1. The van der Waals surface area contributed by atoms with Crippen LogP contribution in [0.3, 0.4) is 0 Å². The molecule has 0 spiro atoms. The molecule has 4 aromatic rings. The van der Waals surface area contributed by atoms with Gasteiger partial charge in [0, 0.05) is 18.5 Å². The van der Waals surface area contributed by atoms with Crippen molar-refractivity contribution in [2.24, 2.45) is 0 Å². The predicted octanol–water partition coefficient (Wildman–Crippen LogP) is 6.04. The van der Waals surface area contributed by atoms with E-state index in [0.29, 0.717) is 30.3 Å². The van der Waals surface area contributed by atoms with Gasteiger partial charge in [0.15, 0.2) is 11.5 Å². The van der Waals surface area contributed by atoms with Gasteiger partial charge in [0.1, 0.15) is 16.5 Å². The largest absolute Gasteiger partial charge is 0.493 e. The summed E-state index contributed by atoms with van der Waals surface area (Å²) in [4.78, 5) is 19.7. The summed E-state index contributed by atoms with van der Waals surface area (Å²) in [5, 5.41) is 5.67. The molecule has 4 rings (SSSR count). The number of benzene rings is 3. The highest BCUT2D eigenvalue weighted by Crippen LogP contribution is 2.28. The van der Waals surface area contributed by atoms with Crippen LogP contribution in [0.2, 0.25) is 0 Å². The van der Waals surface area contributed by atoms with Crippen molar-refractivity contribution in [2.45, 2.75) is 32.5 Å². The minimum absolute atomic E-state index is 0.120. The van der Waals surface area contributed by atoms with Crippen LogP contribution in [-0.2, 0) is 19.5 Å². The van der Waals surface area contributed by atoms with Crippen molar-refractivity contribution >= 4 is 17.2 Å². The van der Waals surface area contributed by atoms with Gasteiger partial charge in [0.2, 0.25) is 0 Å². The van der Waals surface area contributed by atoms with Gasteiger partial charge in [0.05, 0.1) is 26.8 Å². The van der Waals surface area contributed by atoms with E-state index in [4.69, 9.17) is 9.47 Å². The van der Waals surface area contributed by atoms with Gasteiger partial charge in [-0.25, -0.2) is 9.37 Å². The van der Waals surface area contributed by atoms with Gasteiger partial charge < -0.3 is 14.8 Å². The standard InChI is InChI=1S/C30H32FN3O3S/c1-21(24-7-5-4-6-8-24)32-30(35)26-20-38-29(33-26)19-34(18-23-9-12-25(31)13-10-23)16-15-22-11-14-27(36-2)28(17-22)37-3/h4-14,17,20-21H,15-16,18-19H2,1-3H3,(H,32,35)/t21-/m1/s1. The smallest absolute Gasteiger partial charge is 0.271 e. The van der Waals surface area contributed by atoms with E-state index in [1.807, 2.05) is 55.5 Å². The lowest BCUT2D eigenvalue weighted by Gasteiger charge is -2.22. The Morgan fingerprint density at radius 2 is 1.68 bits per heavy atom. The van der Waals surface area contributed by atoms with Crippen molar-refractivity contribution in [2.75, 3.05) is 20.8 Å². The molecule has 0 saturated carbocycles. The maximum Gasteiger partial charge on any atom is 0.271 e. The summed E-state index contributed by atoms with van der Waals surface area (Å²) in [5.41, 5.74) is 3.57. The molecular formula is C30H32FN3O3S. The van der Waals surface area contributed by atoms with Gasteiger partial charge in [-0.2, -0.15) is 0 Å². The zero-order valence-corrected chi connectivity index (χ0v) is 22.6. The van der Waals surface area contributed by atoms with E-state index in [1.54, 1.807) is 31.7 Å². The lowest BCUT2D eigenvalue weighted by Crippen LogP contribution is -2.27. The summed E-state index contributed by atoms with van der Waals surface area (Å²) in [6, 6.07) is 22.2. The van der Waals surface area contributed by atoms with E-state index in [2.05, 4.69) is 15.2 Å². The second-order valence-corrected chi connectivity index (χ2v) is 9.95. The number of nitrogens with one attached hydrogen (secondary N) is 1. The molecule has 1 amide bonds. The maximum absolute atomic E-state index is 13.5. The Labute approximate surface area is 227 Å². The SMILES string of the molecule is COc1ccc(CCN(Cc2ccc(F)cc2)Cc2nc(C(=O)N[C@H](C)c3ccccc3)cs2)cc1OC. The molecule has 198 valence electrons. The fraction of sp³-hybridized carbons (Fsp3) is 0.267. The minimum atomic E-state index is -0.258. The lowest BCUT2D eigenvalue weighted by atomic mass is 10.1. The number of methoxy groups -OCH3 is 2. The van der Waals surface area contributed by atoms with E-state index < -0.39 is 0 Å². The molecule has 0 aliphatic rings. The molecule has 0 unspecified atom stereocenters. The van der Waals surface area contributed by atoms with Crippen LogP contribution in [0.4, 0.5) is 4.39 Å². The number of aromatic nitrogens is 1. The van der Waals surface area contributed by atoms with Gasteiger partial charge in [-0.1, -0.05) is 48.5 Å². The molecule has 0 radical (unpaired) electrons. The number of thiazole rings is 1. The van der Waals surface area contributed by atoms with E-state index in [0.717, 1.165) is 34.7 Å². The van der Waals surface area contributed by atoms with Crippen LogP contribution in [0, 0.1) is 5.82 Å².